The van der Waals surface area contributed by atoms with E-state index in [1.54, 1.807) is 6.07 Å². The summed E-state index contributed by atoms with van der Waals surface area (Å²) in [6, 6.07) is 11.6. The molecular weight excluding hydrogens is 274 g/mol. The molecule has 0 amide bonds. The Morgan fingerprint density at radius 3 is 2.55 bits per heavy atom. The number of hydrogen-bond donors (Lipinski definition) is 1. The van der Waals surface area contributed by atoms with Gasteiger partial charge in [0.2, 0.25) is 5.89 Å². The fourth-order valence-electron chi connectivity index (χ4n) is 2.48. The van der Waals surface area contributed by atoms with Crippen LogP contribution in [-0.2, 0) is 11.8 Å². The van der Waals surface area contributed by atoms with Gasteiger partial charge in [-0.05, 0) is 47.2 Å². The number of phenols is 1. The number of hydrogen-bond acceptors (Lipinski definition) is 3. The Hall–Kier alpha value is -2.29. The largest absolute Gasteiger partial charge is 0.507 e. The number of fused-ring (bicyclic) bond motifs is 1. The van der Waals surface area contributed by atoms with Gasteiger partial charge in [0.25, 0.3) is 0 Å². The molecule has 0 atom stereocenters. The van der Waals surface area contributed by atoms with Gasteiger partial charge in [-0.15, -0.1) is 0 Å². The molecule has 3 aromatic rings. The highest BCUT2D eigenvalue weighted by Gasteiger charge is 2.17. The molecule has 0 aliphatic carbocycles. The SMILES string of the molecule is CCc1ccc(O)c(-c2nc3cc(C(C)(C)C)ccc3o2)c1. The first-order valence-electron chi connectivity index (χ1n) is 7.62. The first-order valence-corrected chi connectivity index (χ1v) is 7.62. The van der Waals surface area contributed by atoms with Gasteiger partial charge in [0.1, 0.15) is 11.3 Å². The molecule has 2 aromatic carbocycles. The van der Waals surface area contributed by atoms with Gasteiger partial charge in [-0.3, -0.25) is 0 Å². The number of aromatic hydroxyl groups is 1. The molecule has 0 aliphatic heterocycles. The molecule has 0 aliphatic rings. The average Bonchev–Trinajstić information content (AvgIpc) is 2.89. The zero-order valence-corrected chi connectivity index (χ0v) is 13.5. The van der Waals surface area contributed by atoms with Crippen molar-refractivity contribution < 1.29 is 9.52 Å². The molecule has 0 fully saturated rings. The summed E-state index contributed by atoms with van der Waals surface area (Å²) in [7, 11) is 0. The fourth-order valence-corrected chi connectivity index (χ4v) is 2.48. The molecule has 0 saturated carbocycles. The van der Waals surface area contributed by atoms with Crippen LogP contribution in [0.2, 0.25) is 0 Å². The van der Waals surface area contributed by atoms with E-state index in [9.17, 15) is 5.11 Å². The van der Waals surface area contributed by atoms with Crippen LogP contribution in [0.5, 0.6) is 5.75 Å². The average molecular weight is 295 g/mol. The second kappa shape index (κ2) is 5.16. The van der Waals surface area contributed by atoms with Gasteiger partial charge in [-0.1, -0.05) is 39.8 Å². The minimum Gasteiger partial charge on any atom is -0.507 e. The molecule has 0 bridgehead atoms. The zero-order chi connectivity index (χ0) is 15.9. The van der Waals surface area contributed by atoms with Crippen LogP contribution < -0.4 is 0 Å². The molecule has 1 aromatic heterocycles. The predicted molar refractivity (Wildman–Crippen MR) is 89.2 cm³/mol. The number of aromatic nitrogens is 1. The smallest absolute Gasteiger partial charge is 0.231 e. The Bertz CT molecular complexity index is 825. The third-order valence-corrected chi connectivity index (χ3v) is 3.95. The molecule has 3 rings (SSSR count). The van der Waals surface area contributed by atoms with Crippen molar-refractivity contribution in [2.45, 2.75) is 39.5 Å². The lowest BCUT2D eigenvalue weighted by Gasteiger charge is -2.18. The van der Waals surface area contributed by atoms with E-state index < -0.39 is 0 Å². The molecule has 0 unspecified atom stereocenters. The van der Waals surface area contributed by atoms with Crippen LogP contribution in [0.4, 0.5) is 0 Å². The van der Waals surface area contributed by atoms with Gasteiger partial charge in [0.15, 0.2) is 5.58 Å². The Kier molecular flexibility index (Phi) is 3.44. The molecule has 0 spiro atoms. The Morgan fingerprint density at radius 2 is 1.86 bits per heavy atom. The van der Waals surface area contributed by atoms with Crippen LogP contribution in [0.15, 0.2) is 40.8 Å². The minimum atomic E-state index is 0.0670. The summed E-state index contributed by atoms with van der Waals surface area (Å²) in [5.74, 6) is 0.661. The standard InChI is InChI=1S/C19H21NO2/c1-5-12-6-8-16(21)14(10-12)18-20-15-11-13(19(2,3)4)7-9-17(15)22-18/h6-11,21H,5H2,1-4H3. The van der Waals surface area contributed by atoms with Crippen molar-refractivity contribution in [1.82, 2.24) is 4.98 Å². The molecule has 0 saturated heterocycles. The number of phenolic OH excluding ortho intramolecular Hbond substituents is 1. The van der Waals surface area contributed by atoms with Crippen LogP contribution >= 0.6 is 0 Å². The lowest BCUT2D eigenvalue weighted by Crippen LogP contribution is -2.10. The van der Waals surface area contributed by atoms with E-state index in [-0.39, 0.29) is 11.2 Å². The summed E-state index contributed by atoms with van der Waals surface area (Å²) >= 11 is 0. The van der Waals surface area contributed by atoms with Crippen molar-refractivity contribution in [2.24, 2.45) is 0 Å². The third-order valence-electron chi connectivity index (χ3n) is 3.95. The molecular formula is C19H21NO2. The van der Waals surface area contributed by atoms with Crippen molar-refractivity contribution in [3.8, 4) is 17.2 Å². The van der Waals surface area contributed by atoms with Crippen molar-refractivity contribution in [1.29, 1.82) is 0 Å². The molecule has 3 nitrogen and oxygen atoms in total. The van der Waals surface area contributed by atoms with Crippen LogP contribution in [-0.4, -0.2) is 10.1 Å². The summed E-state index contributed by atoms with van der Waals surface area (Å²) in [5.41, 5.74) is 4.63. The highest BCUT2D eigenvalue weighted by atomic mass is 16.3. The number of aryl methyl sites for hydroxylation is 1. The van der Waals surface area contributed by atoms with E-state index in [0.717, 1.165) is 23.1 Å². The zero-order valence-electron chi connectivity index (χ0n) is 13.5. The summed E-state index contributed by atoms with van der Waals surface area (Å²) in [5, 5.41) is 10.1. The van der Waals surface area contributed by atoms with Gasteiger partial charge in [-0.25, -0.2) is 4.98 Å². The summed E-state index contributed by atoms with van der Waals surface area (Å²) < 4.78 is 5.83. The van der Waals surface area contributed by atoms with E-state index >= 15 is 0 Å². The second-order valence-corrected chi connectivity index (χ2v) is 6.66. The Balaban J connectivity index is 2.13. The first-order chi connectivity index (χ1) is 10.4. The molecule has 1 N–H and O–H groups in total. The van der Waals surface area contributed by atoms with Gasteiger partial charge < -0.3 is 9.52 Å². The normalized spacial score (nSPS) is 12.0. The van der Waals surface area contributed by atoms with E-state index in [4.69, 9.17) is 4.42 Å². The van der Waals surface area contributed by atoms with Crippen molar-refractivity contribution >= 4 is 11.1 Å². The second-order valence-electron chi connectivity index (χ2n) is 6.66. The van der Waals surface area contributed by atoms with Crippen LogP contribution in [0.3, 0.4) is 0 Å². The maximum atomic E-state index is 10.1. The van der Waals surface area contributed by atoms with Gasteiger partial charge in [0, 0.05) is 0 Å². The monoisotopic (exact) mass is 295 g/mol. The van der Waals surface area contributed by atoms with Crippen molar-refractivity contribution in [3.63, 3.8) is 0 Å². The lowest BCUT2D eigenvalue weighted by molar-refractivity contribution is 0.474. The maximum Gasteiger partial charge on any atom is 0.231 e. The predicted octanol–water partition coefficient (Wildman–Crippen LogP) is 5.06. The van der Waals surface area contributed by atoms with Crippen LogP contribution in [0.1, 0.15) is 38.8 Å². The molecule has 114 valence electrons. The Labute approximate surface area is 130 Å². The topological polar surface area (TPSA) is 46.3 Å². The number of rotatable bonds is 2. The summed E-state index contributed by atoms with van der Waals surface area (Å²) in [6.45, 7) is 8.60. The molecule has 1 heterocycles. The maximum absolute atomic E-state index is 10.1. The van der Waals surface area contributed by atoms with Crippen LogP contribution in [0.25, 0.3) is 22.6 Å². The van der Waals surface area contributed by atoms with E-state index in [1.165, 1.54) is 5.56 Å². The van der Waals surface area contributed by atoms with Crippen molar-refractivity contribution in [3.05, 3.63) is 47.5 Å². The Morgan fingerprint density at radius 1 is 1.09 bits per heavy atom. The highest BCUT2D eigenvalue weighted by Crippen LogP contribution is 2.33. The highest BCUT2D eigenvalue weighted by molar-refractivity contribution is 5.78. The molecule has 22 heavy (non-hydrogen) atoms. The van der Waals surface area contributed by atoms with Crippen LogP contribution in [0, 0.1) is 0 Å². The minimum absolute atomic E-state index is 0.0670. The number of oxazole rings is 1. The summed E-state index contributed by atoms with van der Waals surface area (Å²) in [4.78, 5) is 4.57. The van der Waals surface area contributed by atoms with E-state index in [1.807, 2.05) is 18.2 Å². The summed E-state index contributed by atoms with van der Waals surface area (Å²) in [6.07, 6.45) is 0.904. The van der Waals surface area contributed by atoms with Crippen molar-refractivity contribution in [2.75, 3.05) is 0 Å². The van der Waals surface area contributed by atoms with Gasteiger partial charge >= 0.3 is 0 Å². The number of benzene rings is 2. The molecule has 0 radical (unpaired) electrons. The third kappa shape index (κ3) is 2.59. The van der Waals surface area contributed by atoms with E-state index in [2.05, 4.69) is 44.8 Å². The number of nitrogens with zero attached hydrogens (tertiary/aromatic N) is 1. The fraction of sp³-hybridized carbons (Fsp3) is 0.316. The first kappa shape index (κ1) is 14.6. The van der Waals surface area contributed by atoms with Gasteiger partial charge in [-0.2, -0.15) is 0 Å². The molecule has 3 heteroatoms. The lowest BCUT2D eigenvalue weighted by atomic mass is 9.87. The quantitative estimate of drug-likeness (QED) is 0.718. The van der Waals surface area contributed by atoms with Gasteiger partial charge in [0.05, 0.1) is 5.56 Å². The van der Waals surface area contributed by atoms with E-state index in [0.29, 0.717) is 11.5 Å².